The van der Waals surface area contributed by atoms with Crippen molar-refractivity contribution in [2.45, 2.75) is 45.6 Å². The number of nitrogens with zero attached hydrogens (tertiary/aromatic N) is 3. The molecule has 0 radical (unpaired) electrons. The molecule has 3 rings (SSSR count). The summed E-state index contributed by atoms with van der Waals surface area (Å²) in [7, 11) is 0. The molecule has 1 atom stereocenters. The topological polar surface area (TPSA) is 73.7 Å². The second kappa shape index (κ2) is 6.41. The molecule has 2 amide bonds. The lowest BCUT2D eigenvalue weighted by Gasteiger charge is -2.39. The highest BCUT2D eigenvalue weighted by molar-refractivity contribution is 5.94. The van der Waals surface area contributed by atoms with Gasteiger partial charge in [0.15, 0.2) is 0 Å². The average Bonchev–Trinajstić information content (AvgIpc) is 2.89. The summed E-state index contributed by atoms with van der Waals surface area (Å²) < 4.78 is 0. The van der Waals surface area contributed by atoms with Crippen molar-refractivity contribution in [3.8, 4) is 0 Å². The summed E-state index contributed by atoms with van der Waals surface area (Å²) in [4.78, 5) is 32.5. The number of amides is 2. The van der Waals surface area contributed by atoms with Crippen LogP contribution in [0.3, 0.4) is 0 Å². The van der Waals surface area contributed by atoms with E-state index in [0.717, 1.165) is 25.0 Å². The summed E-state index contributed by atoms with van der Waals surface area (Å²) in [6.45, 7) is 7.44. The highest BCUT2D eigenvalue weighted by atomic mass is 16.3. The van der Waals surface area contributed by atoms with E-state index in [0.29, 0.717) is 25.2 Å². The van der Waals surface area contributed by atoms with Crippen LogP contribution >= 0.6 is 0 Å². The Kier molecular flexibility index (Phi) is 4.58. The number of aryl methyl sites for hydroxylation is 1. The summed E-state index contributed by atoms with van der Waals surface area (Å²) in [6, 6.07) is 3.68. The van der Waals surface area contributed by atoms with Gasteiger partial charge in [0.2, 0.25) is 5.91 Å². The van der Waals surface area contributed by atoms with Crippen LogP contribution in [0.4, 0.5) is 0 Å². The molecular formula is C19H27N3O3. The van der Waals surface area contributed by atoms with Gasteiger partial charge in [0, 0.05) is 38.4 Å². The summed E-state index contributed by atoms with van der Waals surface area (Å²) in [5, 5.41) is 9.80. The minimum absolute atomic E-state index is 0.00541. The number of carbonyl (C=O) groups is 2. The number of pyridine rings is 1. The van der Waals surface area contributed by atoms with E-state index in [9.17, 15) is 14.7 Å². The third-order valence-corrected chi connectivity index (χ3v) is 5.89. The van der Waals surface area contributed by atoms with Crippen LogP contribution in [0.25, 0.3) is 0 Å². The van der Waals surface area contributed by atoms with E-state index in [1.54, 1.807) is 13.1 Å². The minimum atomic E-state index is -0.487. The van der Waals surface area contributed by atoms with Crippen molar-refractivity contribution in [1.82, 2.24) is 14.8 Å². The van der Waals surface area contributed by atoms with E-state index >= 15 is 0 Å². The van der Waals surface area contributed by atoms with Gasteiger partial charge in [-0.2, -0.15) is 0 Å². The number of aromatic nitrogens is 1. The Labute approximate surface area is 148 Å². The predicted octanol–water partition coefficient (Wildman–Crippen LogP) is 1.62. The number of piperidine rings is 1. The van der Waals surface area contributed by atoms with E-state index in [4.69, 9.17) is 0 Å². The van der Waals surface area contributed by atoms with Crippen molar-refractivity contribution < 1.29 is 14.7 Å². The maximum Gasteiger partial charge on any atom is 0.255 e. The van der Waals surface area contributed by atoms with Gasteiger partial charge in [-0.15, -0.1) is 0 Å². The van der Waals surface area contributed by atoms with E-state index in [1.807, 2.05) is 35.8 Å². The number of rotatable bonds is 2. The van der Waals surface area contributed by atoms with E-state index < -0.39 is 5.54 Å². The summed E-state index contributed by atoms with van der Waals surface area (Å²) in [5.74, 6) is 0.0337. The van der Waals surface area contributed by atoms with Crippen LogP contribution in [0, 0.1) is 12.3 Å². The fourth-order valence-electron chi connectivity index (χ4n) is 4.41. The first kappa shape index (κ1) is 17.9. The quantitative estimate of drug-likeness (QED) is 0.884. The highest BCUT2D eigenvalue weighted by Gasteiger charge is 2.52. The van der Waals surface area contributed by atoms with E-state index in [1.165, 1.54) is 0 Å². The van der Waals surface area contributed by atoms with Gasteiger partial charge in [-0.05, 0) is 50.7 Å². The number of aliphatic hydroxyl groups excluding tert-OH is 1. The van der Waals surface area contributed by atoms with Gasteiger partial charge in [-0.1, -0.05) is 0 Å². The summed E-state index contributed by atoms with van der Waals surface area (Å²) in [6.07, 6.45) is 4.15. The van der Waals surface area contributed by atoms with Gasteiger partial charge in [-0.3, -0.25) is 14.6 Å². The van der Waals surface area contributed by atoms with Crippen molar-refractivity contribution in [3.05, 3.63) is 29.6 Å². The van der Waals surface area contributed by atoms with Gasteiger partial charge in [0.1, 0.15) is 0 Å². The average molecular weight is 345 g/mol. The number of likely N-dealkylation sites (tertiary alicyclic amines) is 2. The summed E-state index contributed by atoms with van der Waals surface area (Å²) in [5.41, 5.74) is 1.04. The molecular weight excluding hydrogens is 318 g/mol. The van der Waals surface area contributed by atoms with Crippen LogP contribution < -0.4 is 0 Å². The fraction of sp³-hybridized carbons (Fsp3) is 0.632. The monoisotopic (exact) mass is 345 g/mol. The smallest absolute Gasteiger partial charge is 0.255 e. The molecule has 1 aromatic heterocycles. The largest absolute Gasteiger partial charge is 0.394 e. The Morgan fingerprint density at radius 2 is 1.96 bits per heavy atom. The van der Waals surface area contributed by atoms with Crippen LogP contribution in [-0.2, 0) is 4.79 Å². The van der Waals surface area contributed by atoms with Crippen molar-refractivity contribution >= 4 is 11.8 Å². The highest BCUT2D eigenvalue weighted by Crippen LogP contribution is 2.48. The molecule has 3 heterocycles. The maximum absolute atomic E-state index is 12.7. The molecule has 6 nitrogen and oxygen atoms in total. The molecule has 2 aliphatic heterocycles. The normalized spacial score (nSPS) is 25.4. The van der Waals surface area contributed by atoms with Crippen LogP contribution in [-0.4, -0.2) is 63.5 Å². The van der Waals surface area contributed by atoms with Crippen molar-refractivity contribution in [2.24, 2.45) is 5.41 Å². The lowest BCUT2D eigenvalue weighted by atomic mass is 9.74. The second-order valence-electron chi connectivity index (χ2n) is 7.92. The number of carbonyl (C=O) groups excluding carboxylic acids is 2. The molecule has 136 valence electrons. The van der Waals surface area contributed by atoms with Crippen LogP contribution in [0.15, 0.2) is 18.3 Å². The fourth-order valence-corrected chi connectivity index (χ4v) is 4.41. The van der Waals surface area contributed by atoms with Gasteiger partial charge >= 0.3 is 0 Å². The third kappa shape index (κ3) is 3.27. The first-order valence-corrected chi connectivity index (χ1v) is 8.90. The molecule has 1 N–H and O–H groups in total. The van der Waals surface area contributed by atoms with Crippen molar-refractivity contribution in [1.29, 1.82) is 0 Å². The predicted molar refractivity (Wildman–Crippen MR) is 94.0 cm³/mol. The molecule has 2 fully saturated rings. The maximum atomic E-state index is 12.7. The molecule has 2 aliphatic rings. The number of hydrogen-bond donors (Lipinski definition) is 1. The third-order valence-electron chi connectivity index (χ3n) is 5.89. The first-order chi connectivity index (χ1) is 11.8. The Bertz CT molecular complexity index is 665. The second-order valence-corrected chi connectivity index (χ2v) is 7.92. The molecule has 1 spiro atoms. The van der Waals surface area contributed by atoms with E-state index in [2.05, 4.69) is 4.98 Å². The first-order valence-electron chi connectivity index (χ1n) is 8.90. The molecule has 2 saturated heterocycles. The minimum Gasteiger partial charge on any atom is -0.394 e. The molecule has 0 bridgehead atoms. The Morgan fingerprint density at radius 1 is 1.28 bits per heavy atom. The zero-order valence-corrected chi connectivity index (χ0v) is 15.3. The molecule has 0 saturated carbocycles. The lowest BCUT2D eigenvalue weighted by Crippen LogP contribution is -2.46. The van der Waals surface area contributed by atoms with E-state index in [-0.39, 0.29) is 23.8 Å². The Morgan fingerprint density at radius 3 is 2.44 bits per heavy atom. The summed E-state index contributed by atoms with van der Waals surface area (Å²) >= 11 is 0. The number of aliphatic hydroxyl groups is 1. The molecule has 1 aromatic rings. The molecule has 0 aliphatic carbocycles. The van der Waals surface area contributed by atoms with Crippen molar-refractivity contribution in [2.75, 3.05) is 26.2 Å². The van der Waals surface area contributed by atoms with Gasteiger partial charge in [0.05, 0.1) is 17.7 Å². The van der Waals surface area contributed by atoms with Crippen molar-refractivity contribution in [3.63, 3.8) is 0 Å². The van der Waals surface area contributed by atoms with Crippen LogP contribution in [0.5, 0.6) is 0 Å². The number of hydrogen-bond acceptors (Lipinski definition) is 4. The Hall–Kier alpha value is -1.95. The molecule has 0 aromatic carbocycles. The molecule has 6 heteroatoms. The zero-order chi connectivity index (χ0) is 18.2. The zero-order valence-electron chi connectivity index (χ0n) is 15.3. The standard InChI is InChI=1S/C19H27N3O3/c1-14-4-5-16(10-20-14)17(25)21-8-6-19(7-9-21)11-18(3,13-23)22(12-19)15(2)24/h4-5,10,23H,6-9,11-13H2,1-3H3/t18-/m1/s1. The van der Waals surface area contributed by atoms with Crippen LogP contribution in [0.1, 0.15) is 49.2 Å². The van der Waals surface area contributed by atoms with Crippen LogP contribution in [0.2, 0.25) is 0 Å². The molecule has 0 unspecified atom stereocenters. The Balaban J connectivity index is 1.68. The van der Waals surface area contributed by atoms with Gasteiger partial charge < -0.3 is 14.9 Å². The SMILES string of the molecule is CC(=O)N1CC2(CCN(C(=O)c3ccc(C)nc3)CC2)C[C@]1(C)CO. The van der Waals surface area contributed by atoms with Gasteiger partial charge in [-0.25, -0.2) is 0 Å². The lowest BCUT2D eigenvalue weighted by molar-refractivity contribution is -0.134. The van der Waals surface area contributed by atoms with Gasteiger partial charge in [0.25, 0.3) is 5.91 Å². The molecule has 25 heavy (non-hydrogen) atoms.